The van der Waals surface area contributed by atoms with Gasteiger partial charge in [-0.05, 0) is 36.6 Å². The molecule has 1 aromatic rings. The van der Waals surface area contributed by atoms with Gasteiger partial charge in [-0.2, -0.15) is 0 Å². The molecule has 1 aromatic carbocycles. The van der Waals surface area contributed by atoms with Crippen LogP contribution in [0.25, 0.3) is 0 Å². The van der Waals surface area contributed by atoms with E-state index in [0.29, 0.717) is 0 Å². The highest BCUT2D eigenvalue weighted by atomic mass is 35.5. The minimum Gasteiger partial charge on any atom is -0.106 e. The SMILES string of the molecule is C=C.CCc1cc(Cl)ccc1C. The summed E-state index contributed by atoms with van der Waals surface area (Å²) < 4.78 is 0. The van der Waals surface area contributed by atoms with Crippen molar-refractivity contribution in [3.63, 3.8) is 0 Å². The third-order valence-electron chi connectivity index (χ3n) is 1.69. The number of aryl methyl sites for hydroxylation is 2. The molecule has 66 valence electrons. The summed E-state index contributed by atoms with van der Waals surface area (Å²) in [6.07, 6.45) is 1.06. The minimum atomic E-state index is 0.836. The van der Waals surface area contributed by atoms with Crippen molar-refractivity contribution in [2.75, 3.05) is 0 Å². The van der Waals surface area contributed by atoms with Crippen molar-refractivity contribution in [1.29, 1.82) is 0 Å². The monoisotopic (exact) mass is 182 g/mol. The molecule has 0 saturated carbocycles. The summed E-state index contributed by atoms with van der Waals surface area (Å²) in [7, 11) is 0. The van der Waals surface area contributed by atoms with Crippen molar-refractivity contribution in [1.82, 2.24) is 0 Å². The number of benzene rings is 1. The van der Waals surface area contributed by atoms with Gasteiger partial charge < -0.3 is 0 Å². The van der Waals surface area contributed by atoms with Crippen LogP contribution in [0.1, 0.15) is 18.1 Å². The van der Waals surface area contributed by atoms with Gasteiger partial charge in [-0.15, -0.1) is 13.2 Å². The van der Waals surface area contributed by atoms with Gasteiger partial charge in [0.2, 0.25) is 0 Å². The van der Waals surface area contributed by atoms with Crippen molar-refractivity contribution in [2.24, 2.45) is 0 Å². The Labute approximate surface area is 79.9 Å². The first-order valence-corrected chi connectivity index (χ1v) is 4.37. The van der Waals surface area contributed by atoms with Crippen LogP contribution in [0.5, 0.6) is 0 Å². The second kappa shape index (κ2) is 5.84. The Hall–Kier alpha value is -0.750. The molecule has 1 rings (SSSR count). The lowest BCUT2D eigenvalue weighted by molar-refractivity contribution is 1.11. The molecule has 0 radical (unpaired) electrons. The maximum absolute atomic E-state index is 5.80. The van der Waals surface area contributed by atoms with E-state index in [9.17, 15) is 0 Å². The van der Waals surface area contributed by atoms with E-state index in [1.165, 1.54) is 11.1 Å². The molecular formula is C11H15Cl. The normalized spacial score (nSPS) is 8.58. The molecule has 0 heterocycles. The summed E-state index contributed by atoms with van der Waals surface area (Å²) in [6, 6.07) is 6.01. The van der Waals surface area contributed by atoms with E-state index in [0.717, 1.165) is 11.4 Å². The molecule has 0 fully saturated rings. The van der Waals surface area contributed by atoms with E-state index < -0.39 is 0 Å². The highest BCUT2D eigenvalue weighted by Crippen LogP contribution is 2.15. The van der Waals surface area contributed by atoms with Crippen LogP contribution in [-0.2, 0) is 6.42 Å². The Morgan fingerprint density at radius 3 is 2.33 bits per heavy atom. The third kappa shape index (κ3) is 3.10. The van der Waals surface area contributed by atoms with Crippen molar-refractivity contribution in [2.45, 2.75) is 20.3 Å². The maximum Gasteiger partial charge on any atom is 0.0408 e. The average Bonchev–Trinajstić information content (AvgIpc) is 2.13. The Bertz CT molecular complexity index is 241. The van der Waals surface area contributed by atoms with E-state index in [1.807, 2.05) is 12.1 Å². The molecule has 12 heavy (non-hydrogen) atoms. The number of hydrogen-bond donors (Lipinski definition) is 0. The third-order valence-corrected chi connectivity index (χ3v) is 1.93. The quantitative estimate of drug-likeness (QED) is 0.576. The molecule has 0 spiro atoms. The smallest absolute Gasteiger partial charge is 0.0408 e. The van der Waals surface area contributed by atoms with Gasteiger partial charge in [-0.3, -0.25) is 0 Å². The van der Waals surface area contributed by atoms with Crippen LogP contribution >= 0.6 is 11.6 Å². The summed E-state index contributed by atoms with van der Waals surface area (Å²) in [5.41, 5.74) is 2.67. The zero-order valence-electron chi connectivity index (χ0n) is 7.73. The predicted octanol–water partition coefficient (Wildman–Crippen LogP) is 4.01. The number of rotatable bonds is 1. The first-order valence-electron chi connectivity index (χ1n) is 3.99. The second-order valence-electron chi connectivity index (χ2n) is 2.42. The van der Waals surface area contributed by atoms with E-state index >= 15 is 0 Å². The molecule has 0 nitrogen and oxygen atoms in total. The van der Waals surface area contributed by atoms with Crippen LogP contribution in [0.4, 0.5) is 0 Å². The van der Waals surface area contributed by atoms with E-state index in [1.54, 1.807) is 0 Å². The highest BCUT2D eigenvalue weighted by molar-refractivity contribution is 6.30. The topological polar surface area (TPSA) is 0 Å². The van der Waals surface area contributed by atoms with Gasteiger partial charge in [0.15, 0.2) is 0 Å². The van der Waals surface area contributed by atoms with E-state index in [2.05, 4.69) is 33.1 Å². The van der Waals surface area contributed by atoms with Crippen molar-refractivity contribution in [3.05, 3.63) is 47.5 Å². The van der Waals surface area contributed by atoms with Crippen LogP contribution in [-0.4, -0.2) is 0 Å². The van der Waals surface area contributed by atoms with Crippen LogP contribution < -0.4 is 0 Å². The molecule has 0 aliphatic heterocycles. The highest BCUT2D eigenvalue weighted by Gasteiger charge is 1.94. The lowest BCUT2D eigenvalue weighted by atomic mass is 10.1. The minimum absolute atomic E-state index is 0.836. The number of halogens is 1. The van der Waals surface area contributed by atoms with Gasteiger partial charge in [-0.1, -0.05) is 24.6 Å². The molecular weight excluding hydrogens is 168 g/mol. The summed E-state index contributed by atoms with van der Waals surface area (Å²) >= 11 is 5.80. The summed E-state index contributed by atoms with van der Waals surface area (Å²) in [5.74, 6) is 0. The zero-order chi connectivity index (χ0) is 9.56. The lowest BCUT2D eigenvalue weighted by Crippen LogP contribution is -1.84. The van der Waals surface area contributed by atoms with E-state index in [-0.39, 0.29) is 0 Å². The average molecular weight is 183 g/mol. The van der Waals surface area contributed by atoms with E-state index in [4.69, 9.17) is 11.6 Å². The van der Waals surface area contributed by atoms with Gasteiger partial charge >= 0.3 is 0 Å². The van der Waals surface area contributed by atoms with Crippen LogP contribution in [0.3, 0.4) is 0 Å². The Balaban J connectivity index is 0.000000561. The Morgan fingerprint density at radius 2 is 1.92 bits per heavy atom. The van der Waals surface area contributed by atoms with Crippen LogP contribution in [0.15, 0.2) is 31.4 Å². The van der Waals surface area contributed by atoms with Crippen molar-refractivity contribution < 1.29 is 0 Å². The second-order valence-corrected chi connectivity index (χ2v) is 2.86. The van der Waals surface area contributed by atoms with Crippen molar-refractivity contribution >= 4 is 11.6 Å². The van der Waals surface area contributed by atoms with Gasteiger partial charge in [0.25, 0.3) is 0 Å². The lowest BCUT2D eigenvalue weighted by Gasteiger charge is -2.01. The summed E-state index contributed by atoms with van der Waals surface area (Å²) in [4.78, 5) is 0. The molecule has 0 aliphatic carbocycles. The van der Waals surface area contributed by atoms with Crippen LogP contribution in [0.2, 0.25) is 5.02 Å². The molecule has 0 bridgehead atoms. The van der Waals surface area contributed by atoms with Gasteiger partial charge in [-0.25, -0.2) is 0 Å². The molecule has 0 atom stereocenters. The van der Waals surface area contributed by atoms with Gasteiger partial charge in [0.05, 0.1) is 0 Å². The first kappa shape index (κ1) is 11.2. The summed E-state index contributed by atoms with van der Waals surface area (Å²) in [6.45, 7) is 10.2. The Morgan fingerprint density at radius 1 is 1.33 bits per heavy atom. The molecule has 1 heteroatoms. The zero-order valence-corrected chi connectivity index (χ0v) is 8.49. The van der Waals surface area contributed by atoms with Gasteiger partial charge in [0.1, 0.15) is 0 Å². The summed E-state index contributed by atoms with van der Waals surface area (Å²) in [5, 5.41) is 0.836. The molecule has 0 aliphatic rings. The fourth-order valence-corrected chi connectivity index (χ4v) is 1.22. The first-order chi connectivity index (χ1) is 5.74. The fraction of sp³-hybridized carbons (Fsp3) is 0.273. The van der Waals surface area contributed by atoms with Crippen LogP contribution in [0, 0.1) is 6.92 Å². The molecule has 0 saturated heterocycles. The maximum atomic E-state index is 5.80. The predicted molar refractivity (Wildman–Crippen MR) is 56.8 cm³/mol. The fourth-order valence-electron chi connectivity index (χ4n) is 1.02. The molecule has 0 aromatic heterocycles. The van der Waals surface area contributed by atoms with Crippen molar-refractivity contribution in [3.8, 4) is 0 Å². The molecule has 0 unspecified atom stereocenters. The van der Waals surface area contributed by atoms with Gasteiger partial charge in [0, 0.05) is 5.02 Å². The standard InChI is InChI=1S/C9H11Cl.C2H4/c1-3-8-6-9(10)5-4-7(8)2;1-2/h4-6H,3H2,1-2H3;1-2H2. The Kier molecular flexibility index (Phi) is 5.48. The molecule has 0 N–H and O–H groups in total. The number of hydrogen-bond acceptors (Lipinski definition) is 0. The largest absolute Gasteiger partial charge is 0.106 e. The molecule has 0 amide bonds.